The van der Waals surface area contributed by atoms with Crippen LogP contribution >= 0.6 is 11.3 Å². The summed E-state index contributed by atoms with van der Waals surface area (Å²) in [5.74, 6) is 0.537. The van der Waals surface area contributed by atoms with E-state index in [-0.39, 0.29) is 12.1 Å². The van der Waals surface area contributed by atoms with Gasteiger partial charge in [-0.15, -0.1) is 11.3 Å². The molecule has 1 aliphatic rings. The lowest BCUT2D eigenvalue weighted by molar-refractivity contribution is 0.249. The smallest absolute Gasteiger partial charge is 0.320 e. The second-order valence-electron chi connectivity index (χ2n) is 6.32. The SMILES string of the molecule is Cc1nn(C)c(C)c1C[C@H](C)NC(=O)Nc1scnc1C1CC1. The van der Waals surface area contributed by atoms with E-state index in [1.54, 1.807) is 5.51 Å². The number of nitrogens with one attached hydrogen (secondary N) is 2. The summed E-state index contributed by atoms with van der Waals surface area (Å²) in [4.78, 5) is 16.6. The van der Waals surface area contributed by atoms with Crippen LogP contribution in [-0.2, 0) is 13.5 Å². The second kappa shape index (κ2) is 6.31. The van der Waals surface area contributed by atoms with Gasteiger partial charge in [0.05, 0.1) is 16.9 Å². The highest BCUT2D eigenvalue weighted by atomic mass is 32.1. The van der Waals surface area contributed by atoms with Gasteiger partial charge in [0.25, 0.3) is 0 Å². The van der Waals surface area contributed by atoms with E-state index in [9.17, 15) is 4.79 Å². The monoisotopic (exact) mass is 333 g/mol. The maximum Gasteiger partial charge on any atom is 0.320 e. The van der Waals surface area contributed by atoms with Gasteiger partial charge < -0.3 is 5.32 Å². The Hall–Kier alpha value is -1.89. The minimum atomic E-state index is -0.164. The van der Waals surface area contributed by atoms with Gasteiger partial charge in [-0.1, -0.05) is 0 Å². The summed E-state index contributed by atoms with van der Waals surface area (Å²) in [5.41, 5.74) is 6.22. The van der Waals surface area contributed by atoms with Crippen LogP contribution in [0.5, 0.6) is 0 Å². The number of amides is 2. The molecule has 7 heteroatoms. The highest BCUT2D eigenvalue weighted by molar-refractivity contribution is 7.14. The summed E-state index contributed by atoms with van der Waals surface area (Å²) < 4.78 is 1.89. The third kappa shape index (κ3) is 3.55. The molecule has 0 unspecified atom stereocenters. The third-order valence-electron chi connectivity index (χ3n) is 4.33. The molecule has 2 N–H and O–H groups in total. The first-order valence-electron chi connectivity index (χ1n) is 7.95. The predicted octanol–water partition coefficient (Wildman–Crippen LogP) is 3.12. The van der Waals surface area contributed by atoms with Gasteiger partial charge in [0, 0.05) is 24.7 Å². The lowest BCUT2D eigenvalue weighted by Gasteiger charge is -2.15. The second-order valence-corrected chi connectivity index (χ2v) is 7.17. The molecule has 2 aromatic heterocycles. The number of hydrogen-bond acceptors (Lipinski definition) is 4. The quantitative estimate of drug-likeness (QED) is 0.883. The maximum atomic E-state index is 12.2. The zero-order valence-electron chi connectivity index (χ0n) is 14.0. The van der Waals surface area contributed by atoms with Crippen LogP contribution in [0.3, 0.4) is 0 Å². The molecule has 2 aromatic rings. The Kier molecular flexibility index (Phi) is 4.39. The molecule has 0 radical (unpaired) electrons. The lowest BCUT2D eigenvalue weighted by Crippen LogP contribution is -2.37. The number of anilines is 1. The average molecular weight is 333 g/mol. The van der Waals surface area contributed by atoms with Gasteiger partial charge >= 0.3 is 6.03 Å². The predicted molar refractivity (Wildman–Crippen MR) is 92.1 cm³/mol. The van der Waals surface area contributed by atoms with E-state index < -0.39 is 0 Å². The van der Waals surface area contributed by atoms with Gasteiger partial charge in [-0.3, -0.25) is 10.00 Å². The van der Waals surface area contributed by atoms with Crippen molar-refractivity contribution in [2.45, 2.75) is 52.0 Å². The molecule has 6 nitrogen and oxygen atoms in total. The normalized spacial score (nSPS) is 15.5. The number of rotatable bonds is 5. The van der Waals surface area contributed by atoms with Crippen LogP contribution in [0.4, 0.5) is 9.80 Å². The van der Waals surface area contributed by atoms with Gasteiger partial charge in [-0.05, 0) is 45.6 Å². The Morgan fingerprint density at radius 2 is 2.22 bits per heavy atom. The third-order valence-corrected chi connectivity index (χ3v) is 5.09. The topological polar surface area (TPSA) is 71.8 Å². The molecule has 2 heterocycles. The summed E-state index contributed by atoms with van der Waals surface area (Å²) in [6, 6.07) is -0.128. The largest absolute Gasteiger partial charge is 0.335 e. The fourth-order valence-corrected chi connectivity index (χ4v) is 3.59. The van der Waals surface area contributed by atoms with Crippen molar-refractivity contribution in [1.29, 1.82) is 0 Å². The molecule has 1 aliphatic carbocycles. The molecule has 0 aromatic carbocycles. The number of thiazole rings is 1. The molecule has 0 bridgehead atoms. The van der Waals surface area contributed by atoms with Crippen molar-refractivity contribution in [3.63, 3.8) is 0 Å². The Labute approximate surface area is 140 Å². The van der Waals surface area contributed by atoms with E-state index in [1.807, 2.05) is 25.6 Å². The first-order chi connectivity index (χ1) is 11.0. The average Bonchev–Trinajstić information content (AvgIpc) is 3.18. The van der Waals surface area contributed by atoms with Crippen molar-refractivity contribution in [1.82, 2.24) is 20.1 Å². The molecule has 0 saturated heterocycles. The van der Waals surface area contributed by atoms with E-state index in [1.165, 1.54) is 29.7 Å². The summed E-state index contributed by atoms with van der Waals surface area (Å²) in [5, 5.41) is 11.3. The number of urea groups is 1. The Morgan fingerprint density at radius 3 is 2.83 bits per heavy atom. The van der Waals surface area contributed by atoms with Gasteiger partial charge in [-0.25, -0.2) is 9.78 Å². The molecule has 2 amide bonds. The first kappa shape index (κ1) is 16.0. The molecular formula is C16H23N5OS. The van der Waals surface area contributed by atoms with Crippen molar-refractivity contribution < 1.29 is 4.79 Å². The highest BCUT2D eigenvalue weighted by Gasteiger charge is 2.29. The zero-order valence-corrected chi connectivity index (χ0v) is 14.8. The van der Waals surface area contributed by atoms with Crippen LogP contribution in [0.25, 0.3) is 0 Å². The number of aromatic nitrogens is 3. The zero-order chi connectivity index (χ0) is 16.6. The van der Waals surface area contributed by atoms with Gasteiger partial charge in [0.1, 0.15) is 5.00 Å². The number of aryl methyl sites for hydroxylation is 2. The molecule has 0 aliphatic heterocycles. The van der Waals surface area contributed by atoms with Crippen molar-refractivity contribution in [2.24, 2.45) is 7.05 Å². The van der Waals surface area contributed by atoms with E-state index in [0.717, 1.165) is 28.5 Å². The molecule has 124 valence electrons. The van der Waals surface area contributed by atoms with E-state index in [0.29, 0.717) is 5.92 Å². The van der Waals surface area contributed by atoms with Crippen molar-refractivity contribution >= 4 is 22.4 Å². The van der Waals surface area contributed by atoms with Crippen LogP contribution < -0.4 is 10.6 Å². The van der Waals surface area contributed by atoms with E-state index in [2.05, 4.69) is 27.6 Å². The number of carbonyl (C=O) groups is 1. The fraction of sp³-hybridized carbons (Fsp3) is 0.562. The summed E-state index contributed by atoms with van der Waals surface area (Å²) in [7, 11) is 1.94. The van der Waals surface area contributed by atoms with Crippen molar-refractivity contribution in [3.05, 3.63) is 28.2 Å². The molecule has 3 rings (SSSR count). The highest BCUT2D eigenvalue weighted by Crippen LogP contribution is 2.43. The van der Waals surface area contributed by atoms with Gasteiger partial charge in [0.15, 0.2) is 0 Å². The molecule has 1 saturated carbocycles. The molecule has 0 spiro atoms. The van der Waals surface area contributed by atoms with Crippen LogP contribution in [0.1, 0.15) is 48.3 Å². The van der Waals surface area contributed by atoms with E-state index in [4.69, 9.17) is 0 Å². The molecule has 23 heavy (non-hydrogen) atoms. The fourth-order valence-electron chi connectivity index (χ4n) is 2.83. The van der Waals surface area contributed by atoms with Crippen LogP contribution in [0.2, 0.25) is 0 Å². The Balaban J connectivity index is 1.58. The van der Waals surface area contributed by atoms with Crippen molar-refractivity contribution in [2.75, 3.05) is 5.32 Å². The number of hydrogen-bond donors (Lipinski definition) is 2. The van der Waals surface area contributed by atoms with Crippen LogP contribution in [-0.4, -0.2) is 26.8 Å². The lowest BCUT2D eigenvalue weighted by atomic mass is 10.1. The molecule has 1 atom stereocenters. The van der Waals surface area contributed by atoms with Gasteiger partial charge in [-0.2, -0.15) is 5.10 Å². The first-order valence-corrected chi connectivity index (χ1v) is 8.83. The summed E-state index contributed by atoms with van der Waals surface area (Å²) in [6.07, 6.45) is 3.13. The van der Waals surface area contributed by atoms with E-state index >= 15 is 0 Å². The number of carbonyl (C=O) groups excluding carboxylic acids is 1. The molecule has 1 fully saturated rings. The maximum absolute atomic E-state index is 12.2. The number of nitrogens with zero attached hydrogens (tertiary/aromatic N) is 3. The minimum absolute atomic E-state index is 0.0360. The van der Waals surface area contributed by atoms with Crippen LogP contribution in [0.15, 0.2) is 5.51 Å². The van der Waals surface area contributed by atoms with Crippen molar-refractivity contribution in [3.8, 4) is 0 Å². The summed E-state index contributed by atoms with van der Waals surface area (Å²) in [6.45, 7) is 6.08. The molecular weight excluding hydrogens is 310 g/mol. The summed E-state index contributed by atoms with van der Waals surface area (Å²) >= 11 is 1.49. The Morgan fingerprint density at radius 1 is 1.48 bits per heavy atom. The Bertz CT molecular complexity index is 716. The van der Waals surface area contributed by atoms with Crippen LogP contribution in [0, 0.1) is 13.8 Å². The van der Waals surface area contributed by atoms with Gasteiger partial charge in [0.2, 0.25) is 0 Å². The standard InChI is InChI=1S/C16H23N5OS/c1-9(7-13-10(2)20-21(4)11(13)3)18-16(22)19-15-14(12-5-6-12)17-8-23-15/h8-9,12H,5-7H2,1-4H3,(H2,18,19,22)/t9-/m0/s1. The minimum Gasteiger partial charge on any atom is -0.335 e.